The van der Waals surface area contributed by atoms with Crippen LogP contribution in [0.25, 0.3) is 0 Å². The SMILES string of the molecule is C#CC(C)(C)c1csnn1. The summed E-state index contributed by atoms with van der Waals surface area (Å²) in [5.41, 5.74) is 0.604. The van der Waals surface area contributed by atoms with Gasteiger partial charge in [-0.1, -0.05) is 10.4 Å². The third-order valence-electron chi connectivity index (χ3n) is 1.36. The Balaban J connectivity index is 2.99. The maximum atomic E-state index is 5.28. The third kappa shape index (κ3) is 1.17. The molecule has 0 N–H and O–H groups in total. The minimum Gasteiger partial charge on any atom is -0.142 e. The molecule has 2 nitrogen and oxygen atoms in total. The summed E-state index contributed by atoms with van der Waals surface area (Å²) >= 11 is 1.33. The Morgan fingerprint density at radius 3 is 2.80 bits per heavy atom. The zero-order valence-corrected chi connectivity index (χ0v) is 6.77. The van der Waals surface area contributed by atoms with Gasteiger partial charge in [-0.2, -0.15) is 0 Å². The van der Waals surface area contributed by atoms with Crippen LogP contribution in [0.15, 0.2) is 5.38 Å². The second-order valence-corrected chi connectivity index (χ2v) is 3.17. The number of hydrogen-bond acceptors (Lipinski definition) is 3. The highest BCUT2D eigenvalue weighted by atomic mass is 32.1. The molecule has 0 amide bonds. The molecule has 10 heavy (non-hydrogen) atoms. The van der Waals surface area contributed by atoms with E-state index >= 15 is 0 Å². The minimum atomic E-state index is -0.271. The maximum absolute atomic E-state index is 5.28. The highest BCUT2D eigenvalue weighted by Gasteiger charge is 2.19. The van der Waals surface area contributed by atoms with Gasteiger partial charge in [-0.05, 0) is 25.4 Å². The Kier molecular flexibility index (Phi) is 1.73. The van der Waals surface area contributed by atoms with Crippen LogP contribution in [0.5, 0.6) is 0 Å². The van der Waals surface area contributed by atoms with Crippen LogP contribution in [-0.2, 0) is 5.41 Å². The maximum Gasteiger partial charge on any atom is 0.0930 e. The fraction of sp³-hybridized carbons (Fsp3) is 0.429. The summed E-state index contributed by atoms with van der Waals surface area (Å²) in [7, 11) is 0. The van der Waals surface area contributed by atoms with Crippen molar-refractivity contribution in [1.29, 1.82) is 0 Å². The van der Waals surface area contributed by atoms with Crippen molar-refractivity contribution >= 4 is 11.5 Å². The van der Waals surface area contributed by atoms with Crippen LogP contribution < -0.4 is 0 Å². The lowest BCUT2D eigenvalue weighted by Crippen LogP contribution is -2.14. The Hall–Kier alpha value is -0.880. The largest absolute Gasteiger partial charge is 0.142 e. The van der Waals surface area contributed by atoms with Gasteiger partial charge in [-0.15, -0.1) is 11.5 Å². The van der Waals surface area contributed by atoms with E-state index in [9.17, 15) is 0 Å². The molecule has 0 aliphatic heterocycles. The van der Waals surface area contributed by atoms with Crippen LogP contribution in [0.3, 0.4) is 0 Å². The van der Waals surface area contributed by atoms with Gasteiger partial charge >= 0.3 is 0 Å². The minimum absolute atomic E-state index is 0.271. The van der Waals surface area contributed by atoms with Crippen molar-refractivity contribution in [2.45, 2.75) is 19.3 Å². The molecule has 0 saturated carbocycles. The van der Waals surface area contributed by atoms with Gasteiger partial charge in [-0.3, -0.25) is 0 Å². The molecular weight excluding hydrogens is 144 g/mol. The summed E-state index contributed by atoms with van der Waals surface area (Å²) in [5, 5.41) is 5.76. The average molecular weight is 152 g/mol. The van der Waals surface area contributed by atoms with Gasteiger partial charge < -0.3 is 0 Å². The predicted molar refractivity (Wildman–Crippen MR) is 41.8 cm³/mol. The number of terminal acetylenes is 1. The van der Waals surface area contributed by atoms with Crippen molar-refractivity contribution in [2.75, 3.05) is 0 Å². The van der Waals surface area contributed by atoms with Gasteiger partial charge in [0.1, 0.15) is 0 Å². The Morgan fingerprint density at radius 1 is 1.70 bits per heavy atom. The Labute approximate surface area is 64.4 Å². The molecule has 0 atom stereocenters. The molecule has 0 aliphatic carbocycles. The standard InChI is InChI=1S/C7H8N2S/c1-4-7(2,3)6-5-10-9-8-6/h1,5H,2-3H3. The topological polar surface area (TPSA) is 25.8 Å². The Bertz CT molecular complexity index is 243. The molecule has 0 bridgehead atoms. The number of rotatable bonds is 1. The fourth-order valence-electron chi connectivity index (χ4n) is 0.511. The molecule has 0 aliphatic rings. The van der Waals surface area contributed by atoms with Crippen molar-refractivity contribution in [1.82, 2.24) is 9.59 Å². The summed E-state index contributed by atoms with van der Waals surface area (Å²) in [6.45, 7) is 3.90. The van der Waals surface area contributed by atoms with Crippen LogP contribution >= 0.6 is 11.5 Å². The number of nitrogens with zero attached hydrogens (tertiary/aromatic N) is 2. The smallest absolute Gasteiger partial charge is 0.0930 e. The van der Waals surface area contributed by atoms with Gasteiger partial charge in [0.25, 0.3) is 0 Å². The number of hydrogen-bond donors (Lipinski definition) is 0. The summed E-state index contributed by atoms with van der Waals surface area (Å²) in [6.07, 6.45) is 5.28. The van der Waals surface area contributed by atoms with Gasteiger partial charge in [0.05, 0.1) is 11.1 Å². The molecule has 1 heterocycles. The van der Waals surface area contributed by atoms with Gasteiger partial charge in [0.15, 0.2) is 0 Å². The fourth-order valence-corrected chi connectivity index (χ4v) is 1.13. The lowest BCUT2D eigenvalue weighted by molar-refractivity contribution is 0.666. The Morgan fingerprint density at radius 2 is 2.40 bits per heavy atom. The first kappa shape index (κ1) is 7.23. The second kappa shape index (κ2) is 2.39. The van der Waals surface area contributed by atoms with Crippen LogP contribution in [0.1, 0.15) is 19.5 Å². The average Bonchev–Trinajstić information content (AvgIpc) is 2.38. The van der Waals surface area contributed by atoms with E-state index in [0.717, 1.165) is 5.69 Å². The van der Waals surface area contributed by atoms with Crippen LogP contribution in [0, 0.1) is 12.3 Å². The quantitative estimate of drug-likeness (QED) is 0.569. The zero-order valence-electron chi connectivity index (χ0n) is 5.96. The van der Waals surface area contributed by atoms with E-state index in [0.29, 0.717) is 0 Å². The van der Waals surface area contributed by atoms with E-state index in [1.54, 1.807) is 0 Å². The van der Waals surface area contributed by atoms with E-state index < -0.39 is 0 Å². The molecule has 3 heteroatoms. The van der Waals surface area contributed by atoms with Crippen LogP contribution in [-0.4, -0.2) is 9.59 Å². The van der Waals surface area contributed by atoms with Gasteiger partial charge in [0, 0.05) is 5.38 Å². The van der Waals surface area contributed by atoms with Crippen molar-refractivity contribution in [3.63, 3.8) is 0 Å². The monoisotopic (exact) mass is 152 g/mol. The molecule has 52 valence electrons. The molecule has 0 spiro atoms. The molecular formula is C7H8N2S. The molecule has 0 saturated heterocycles. The van der Waals surface area contributed by atoms with Crippen molar-refractivity contribution in [3.05, 3.63) is 11.1 Å². The van der Waals surface area contributed by atoms with Gasteiger partial charge in [-0.25, -0.2) is 0 Å². The zero-order chi connectivity index (χ0) is 7.61. The van der Waals surface area contributed by atoms with Crippen molar-refractivity contribution < 1.29 is 0 Å². The molecule has 1 aromatic rings. The molecule has 0 fully saturated rings. The summed E-state index contributed by atoms with van der Waals surface area (Å²) < 4.78 is 3.73. The molecule has 0 unspecified atom stereocenters. The molecule has 1 rings (SSSR count). The molecule has 0 aromatic carbocycles. The summed E-state index contributed by atoms with van der Waals surface area (Å²) in [4.78, 5) is 0. The van der Waals surface area contributed by atoms with E-state index in [4.69, 9.17) is 6.42 Å². The first-order valence-corrected chi connectivity index (χ1v) is 3.76. The highest BCUT2D eigenvalue weighted by molar-refractivity contribution is 7.03. The third-order valence-corrected chi connectivity index (χ3v) is 1.87. The predicted octanol–water partition coefficient (Wildman–Crippen LogP) is 1.45. The first-order valence-electron chi connectivity index (χ1n) is 2.92. The summed E-state index contributed by atoms with van der Waals surface area (Å²) in [5.74, 6) is 2.65. The van der Waals surface area contributed by atoms with Crippen LogP contribution in [0.4, 0.5) is 0 Å². The van der Waals surface area contributed by atoms with Crippen LogP contribution in [0.2, 0.25) is 0 Å². The summed E-state index contributed by atoms with van der Waals surface area (Å²) in [6, 6.07) is 0. The normalized spacial score (nSPS) is 10.9. The van der Waals surface area contributed by atoms with E-state index in [-0.39, 0.29) is 5.41 Å². The first-order chi connectivity index (χ1) is 4.67. The van der Waals surface area contributed by atoms with E-state index in [2.05, 4.69) is 15.5 Å². The lowest BCUT2D eigenvalue weighted by atomic mass is 9.92. The van der Waals surface area contributed by atoms with Gasteiger partial charge in [0.2, 0.25) is 0 Å². The molecule has 1 aromatic heterocycles. The lowest BCUT2D eigenvalue weighted by Gasteiger charge is -2.11. The van der Waals surface area contributed by atoms with E-state index in [1.807, 2.05) is 19.2 Å². The van der Waals surface area contributed by atoms with Crippen molar-refractivity contribution in [3.8, 4) is 12.3 Å². The highest BCUT2D eigenvalue weighted by Crippen LogP contribution is 2.19. The van der Waals surface area contributed by atoms with Crippen molar-refractivity contribution in [2.24, 2.45) is 0 Å². The number of aromatic nitrogens is 2. The van der Waals surface area contributed by atoms with E-state index in [1.165, 1.54) is 11.5 Å². The molecule has 0 radical (unpaired) electrons. The second-order valence-electron chi connectivity index (χ2n) is 2.56.